The van der Waals surface area contributed by atoms with Crippen LogP contribution in [0.3, 0.4) is 0 Å². The number of benzene rings is 3. The van der Waals surface area contributed by atoms with Crippen LogP contribution >= 0.6 is 0 Å². The SMILES string of the molecule is COC(=O)N1CCC(Oc2cccc(NC(=O)c3cccc(C)c3-c3ccc(OC(F)(F)F)cc3)c2)CC1.NC(=O)O. The van der Waals surface area contributed by atoms with Gasteiger partial charge in [-0.25, -0.2) is 9.59 Å². The Hall–Kier alpha value is -4.94. The minimum absolute atomic E-state index is 0.0745. The van der Waals surface area contributed by atoms with Gasteiger partial charge in [0, 0.05) is 43.2 Å². The lowest BCUT2D eigenvalue weighted by Crippen LogP contribution is -2.41. The summed E-state index contributed by atoms with van der Waals surface area (Å²) in [6.07, 6.45) is -5.23. The number of carbonyl (C=O) groups is 3. The number of hydrogen-bond donors (Lipinski definition) is 3. The highest BCUT2D eigenvalue weighted by molar-refractivity contribution is 6.09. The van der Waals surface area contributed by atoms with Gasteiger partial charge in [0.15, 0.2) is 0 Å². The normalized spacial score (nSPS) is 13.3. The minimum atomic E-state index is -4.78. The Morgan fingerprint density at radius 3 is 2.19 bits per heavy atom. The van der Waals surface area contributed by atoms with Crippen LogP contribution < -0.4 is 20.5 Å². The molecular weight excluding hydrogens is 559 g/mol. The van der Waals surface area contributed by atoms with Crippen molar-refractivity contribution in [3.05, 3.63) is 77.9 Å². The van der Waals surface area contributed by atoms with Gasteiger partial charge in [-0.15, -0.1) is 13.2 Å². The van der Waals surface area contributed by atoms with Crippen LogP contribution in [-0.2, 0) is 4.74 Å². The molecule has 1 heterocycles. The molecule has 3 aromatic carbocycles. The van der Waals surface area contributed by atoms with E-state index in [1.165, 1.54) is 31.4 Å². The fraction of sp³-hybridized carbons (Fsp3) is 0.276. The fourth-order valence-electron chi connectivity index (χ4n) is 4.39. The van der Waals surface area contributed by atoms with Gasteiger partial charge in [-0.1, -0.05) is 30.3 Å². The second-order valence-electron chi connectivity index (χ2n) is 9.16. The number of nitrogens with one attached hydrogen (secondary N) is 1. The van der Waals surface area contributed by atoms with E-state index in [0.29, 0.717) is 54.1 Å². The van der Waals surface area contributed by atoms with E-state index in [2.05, 4.69) is 15.8 Å². The van der Waals surface area contributed by atoms with Crippen molar-refractivity contribution < 1.29 is 46.9 Å². The van der Waals surface area contributed by atoms with Gasteiger partial charge >= 0.3 is 18.5 Å². The molecule has 0 spiro atoms. The van der Waals surface area contributed by atoms with Crippen molar-refractivity contribution in [1.29, 1.82) is 0 Å². The van der Waals surface area contributed by atoms with Gasteiger partial charge in [-0.3, -0.25) is 4.79 Å². The quantitative estimate of drug-likeness (QED) is 0.318. The van der Waals surface area contributed by atoms with Gasteiger partial charge < -0.3 is 35.3 Å². The van der Waals surface area contributed by atoms with Crippen molar-refractivity contribution in [2.24, 2.45) is 5.73 Å². The molecule has 1 fully saturated rings. The first kappa shape index (κ1) is 31.6. The molecule has 0 bridgehead atoms. The number of halogens is 3. The Balaban J connectivity index is 0.00000114. The molecule has 3 aromatic rings. The summed E-state index contributed by atoms with van der Waals surface area (Å²) in [5, 5.41) is 10.1. The summed E-state index contributed by atoms with van der Waals surface area (Å²) in [5.74, 6) is -0.125. The van der Waals surface area contributed by atoms with Crippen molar-refractivity contribution in [3.8, 4) is 22.6 Å². The average Bonchev–Trinajstić information content (AvgIpc) is 2.92. The largest absolute Gasteiger partial charge is 0.573 e. The maximum Gasteiger partial charge on any atom is 0.573 e. The number of hydrogen-bond acceptors (Lipinski definition) is 6. The van der Waals surface area contributed by atoms with Crippen molar-refractivity contribution in [2.75, 3.05) is 25.5 Å². The molecule has 10 nitrogen and oxygen atoms in total. The monoisotopic (exact) mass is 589 g/mol. The number of carboxylic acid groups (broad SMARTS) is 1. The van der Waals surface area contributed by atoms with Crippen molar-refractivity contribution in [1.82, 2.24) is 4.90 Å². The van der Waals surface area contributed by atoms with Crippen molar-refractivity contribution in [3.63, 3.8) is 0 Å². The second-order valence-corrected chi connectivity index (χ2v) is 9.16. The topological polar surface area (TPSA) is 140 Å². The van der Waals surface area contributed by atoms with Gasteiger partial charge in [0.1, 0.15) is 17.6 Å². The molecule has 1 aliphatic rings. The van der Waals surface area contributed by atoms with Crippen LogP contribution in [0.15, 0.2) is 66.7 Å². The molecule has 1 aliphatic heterocycles. The summed E-state index contributed by atoms with van der Waals surface area (Å²) >= 11 is 0. The van der Waals surface area contributed by atoms with Gasteiger partial charge in [-0.2, -0.15) is 0 Å². The summed E-state index contributed by atoms with van der Waals surface area (Å²) in [7, 11) is 1.35. The maximum absolute atomic E-state index is 13.3. The Morgan fingerprint density at radius 2 is 1.60 bits per heavy atom. The number of likely N-dealkylation sites (tertiary alicyclic amines) is 1. The van der Waals surface area contributed by atoms with Crippen LogP contribution in [0.1, 0.15) is 28.8 Å². The van der Waals surface area contributed by atoms with Crippen LogP contribution in [-0.4, -0.2) is 60.8 Å². The number of carbonyl (C=O) groups excluding carboxylic acids is 2. The number of methoxy groups -OCH3 is 1. The number of nitrogens with zero attached hydrogens (tertiary/aromatic N) is 1. The Morgan fingerprint density at radius 1 is 0.976 bits per heavy atom. The number of piperidine rings is 1. The minimum Gasteiger partial charge on any atom is -0.490 e. The second kappa shape index (κ2) is 14.1. The molecule has 0 atom stereocenters. The van der Waals surface area contributed by atoms with Crippen molar-refractivity contribution in [2.45, 2.75) is 32.2 Å². The molecule has 0 saturated carbocycles. The van der Waals surface area contributed by atoms with Crippen LogP contribution in [0.25, 0.3) is 11.1 Å². The van der Waals surface area contributed by atoms with E-state index in [-0.39, 0.29) is 23.9 Å². The molecule has 224 valence electrons. The molecule has 42 heavy (non-hydrogen) atoms. The number of primary amides is 1. The van der Waals surface area contributed by atoms with E-state index < -0.39 is 12.5 Å². The number of rotatable bonds is 6. The van der Waals surface area contributed by atoms with Gasteiger partial charge in [0.05, 0.1) is 7.11 Å². The van der Waals surface area contributed by atoms with E-state index in [4.69, 9.17) is 19.4 Å². The van der Waals surface area contributed by atoms with Crippen LogP contribution in [0.2, 0.25) is 0 Å². The lowest BCUT2D eigenvalue weighted by atomic mass is 9.94. The molecule has 4 N–H and O–H groups in total. The molecule has 3 amide bonds. The smallest absolute Gasteiger partial charge is 0.490 e. The number of alkyl halides is 3. The standard InChI is InChI=1S/C28H27F3N2O5.CH3NO2/c1-18-5-3-8-24(25(18)19-9-11-22(12-10-19)38-28(29,30)31)26(34)32-20-6-4-7-23(17-20)37-21-13-15-33(16-14-21)27(35)36-2;2-1(3)4/h3-12,17,21H,13-16H2,1-2H3,(H,32,34);2H2,(H,3,4). The predicted molar refractivity (Wildman–Crippen MR) is 148 cm³/mol. The Labute approximate surface area is 239 Å². The maximum atomic E-state index is 13.3. The van der Waals surface area contributed by atoms with E-state index in [0.717, 1.165) is 5.56 Å². The van der Waals surface area contributed by atoms with E-state index in [1.807, 2.05) is 13.0 Å². The number of nitrogens with two attached hydrogens (primary N) is 1. The van der Waals surface area contributed by atoms with E-state index in [9.17, 15) is 22.8 Å². The third-order valence-electron chi connectivity index (χ3n) is 6.16. The zero-order valence-electron chi connectivity index (χ0n) is 22.8. The molecule has 0 radical (unpaired) electrons. The molecule has 1 saturated heterocycles. The summed E-state index contributed by atoms with van der Waals surface area (Å²) in [4.78, 5) is 35.4. The summed E-state index contributed by atoms with van der Waals surface area (Å²) in [5.41, 5.74) is 6.90. The third kappa shape index (κ3) is 9.32. The van der Waals surface area contributed by atoms with Crippen LogP contribution in [0, 0.1) is 6.92 Å². The zero-order chi connectivity index (χ0) is 30.9. The van der Waals surface area contributed by atoms with Gasteiger partial charge in [-0.05, 0) is 53.9 Å². The first-order valence-corrected chi connectivity index (χ1v) is 12.7. The summed E-state index contributed by atoms with van der Waals surface area (Å²) in [6, 6.07) is 17.7. The molecule has 4 rings (SSSR count). The number of amides is 3. The molecule has 0 unspecified atom stereocenters. The third-order valence-corrected chi connectivity index (χ3v) is 6.16. The lowest BCUT2D eigenvalue weighted by molar-refractivity contribution is -0.274. The molecular formula is C29H30F3N3O7. The van der Waals surface area contributed by atoms with Crippen LogP contribution in [0.4, 0.5) is 28.4 Å². The van der Waals surface area contributed by atoms with E-state index in [1.54, 1.807) is 41.3 Å². The highest BCUT2D eigenvalue weighted by atomic mass is 19.4. The molecule has 13 heteroatoms. The number of aryl methyl sites for hydroxylation is 1. The van der Waals surface area contributed by atoms with Gasteiger partial charge in [0.2, 0.25) is 0 Å². The molecule has 0 aliphatic carbocycles. The zero-order valence-corrected chi connectivity index (χ0v) is 22.8. The average molecular weight is 590 g/mol. The summed E-state index contributed by atoms with van der Waals surface area (Å²) < 4.78 is 52.4. The first-order valence-electron chi connectivity index (χ1n) is 12.7. The Kier molecular flexibility index (Phi) is 10.6. The highest BCUT2D eigenvalue weighted by Crippen LogP contribution is 2.32. The number of ether oxygens (including phenoxy) is 3. The van der Waals surface area contributed by atoms with E-state index >= 15 is 0 Å². The summed E-state index contributed by atoms with van der Waals surface area (Å²) in [6.45, 7) is 2.90. The fourth-order valence-corrected chi connectivity index (χ4v) is 4.39. The number of anilines is 1. The highest BCUT2D eigenvalue weighted by Gasteiger charge is 2.31. The van der Waals surface area contributed by atoms with Crippen molar-refractivity contribution >= 4 is 23.8 Å². The lowest BCUT2D eigenvalue weighted by Gasteiger charge is -2.31. The Bertz CT molecular complexity index is 1390. The first-order chi connectivity index (χ1) is 19.9. The van der Waals surface area contributed by atoms with Gasteiger partial charge in [0.25, 0.3) is 5.91 Å². The molecule has 0 aromatic heterocycles. The van der Waals surface area contributed by atoms with Crippen LogP contribution in [0.5, 0.6) is 11.5 Å². The predicted octanol–water partition coefficient (Wildman–Crippen LogP) is 6.05.